The van der Waals surface area contributed by atoms with E-state index in [0.29, 0.717) is 15.6 Å². The highest BCUT2D eigenvalue weighted by atomic mass is 35.5. The van der Waals surface area contributed by atoms with E-state index >= 15 is 0 Å². The van der Waals surface area contributed by atoms with E-state index in [1.54, 1.807) is 25.2 Å². The van der Waals surface area contributed by atoms with Crippen molar-refractivity contribution in [2.24, 2.45) is 0 Å². The van der Waals surface area contributed by atoms with E-state index < -0.39 is 10.0 Å². The van der Waals surface area contributed by atoms with E-state index in [1.807, 2.05) is 38.1 Å². The number of aryl methyl sites for hydroxylation is 1. The van der Waals surface area contributed by atoms with Crippen LogP contribution in [-0.4, -0.2) is 19.8 Å². The van der Waals surface area contributed by atoms with Crippen LogP contribution in [0.15, 0.2) is 42.5 Å². The van der Waals surface area contributed by atoms with Gasteiger partial charge in [0.05, 0.1) is 15.8 Å². The molecule has 124 valence electrons. The van der Waals surface area contributed by atoms with Crippen LogP contribution in [0.4, 0.5) is 0 Å². The molecule has 0 heterocycles. The summed E-state index contributed by atoms with van der Waals surface area (Å²) >= 11 is 11.8. The molecule has 0 N–H and O–H groups in total. The Kier molecular flexibility index (Phi) is 5.74. The Balaban J connectivity index is 2.20. The third-order valence-electron chi connectivity index (χ3n) is 3.88. The van der Waals surface area contributed by atoms with Crippen molar-refractivity contribution in [2.45, 2.75) is 25.6 Å². The molecule has 0 saturated carbocycles. The lowest BCUT2D eigenvalue weighted by Crippen LogP contribution is -2.30. The van der Waals surface area contributed by atoms with Gasteiger partial charge < -0.3 is 0 Å². The van der Waals surface area contributed by atoms with Crippen molar-refractivity contribution in [3.8, 4) is 0 Å². The van der Waals surface area contributed by atoms with Crippen molar-refractivity contribution in [1.29, 1.82) is 0 Å². The fourth-order valence-corrected chi connectivity index (χ4v) is 3.97. The number of sulfonamides is 1. The molecule has 0 spiro atoms. The summed E-state index contributed by atoms with van der Waals surface area (Å²) in [4.78, 5) is 0. The van der Waals surface area contributed by atoms with Gasteiger partial charge in [0.25, 0.3) is 0 Å². The Hall–Kier alpha value is -1.07. The second-order valence-corrected chi connectivity index (χ2v) is 8.45. The topological polar surface area (TPSA) is 37.4 Å². The van der Waals surface area contributed by atoms with Crippen LogP contribution >= 0.6 is 23.2 Å². The van der Waals surface area contributed by atoms with E-state index in [-0.39, 0.29) is 11.8 Å². The largest absolute Gasteiger partial charge is 0.218 e. The summed E-state index contributed by atoms with van der Waals surface area (Å²) in [5.41, 5.74) is 2.71. The molecule has 1 atom stereocenters. The van der Waals surface area contributed by atoms with Crippen molar-refractivity contribution >= 4 is 33.2 Å². The predicted molar refractivity (Wildman–Crippen MR) is 96.4 cm³/mol. The fourth-order valence-electron chi connectivity index (χ4n) is 2.24. The summed E-state index contributed by atoms with van der Waals surface area (Å²) in [6.45, 7) is 3.87. The van der Waals surface area contributed by atoms with Gasteiger partial charge in [-0.3, -0.25) is 0 Å². The highest BCUT2D eigenvalue weighted by molar-refractivity contribution is 7.88. The van der Waals surface area contributed by atoms with Gasteiger partial charge in [0, 0.05) is 13.1 Å². The minimum Gasteiger partial charge on any atom is -0.212 e. The number of nitrogens with zero attached hydrogens (tertiary/aromatic N) is 1. The molecule has 3 nitrogen and oxygen atoms in total. The average molecular weight is 372 g/mol. The first kappa shape index (κ1) is 18.3. The third kappa shape index (κ3) is 4.48. The van der Waals surface area contributed by atoms with Crippen LogP contribution < -0.4 is 0 Å². The van der Waals surface area contributed by atoms with Gasteiger partial charge in [-0.15, -0.1) is 0 Å². The number of hydrogen-bond acceptors (Lipinski definition) is 2. The Morgan fingerprint density at radius 3 is 2.22 bits per heavy atom. The fraction of sp³-hybridized carbons (Fsp3) is 0.294. The molecule has 0 radical (unpaired) electrons. The molecular formula is C17H19Cl2NO2S. The third-order valence-corrected chi connectivity index (χ3v) is 6.51. The monoisotopic (exact) mass is 371 g/mol. The Labute approximate surface area is 147 Å². The predicted octanol–water partition coefficient (Wildman–Crippen LogP) is 4.82. The normalized spacial score (nSPS) is 13.3. The molecule has 0 amide bonds. The lowest BCUT2D eigenvalue weighted by atomic mass is 10.1. The minimum atomic E-state index is -3.47. The summed E-state index contributed by atoms with van der Waals surface area (Å²) in [5.74, 6) is -0.114. The van der Waals surface area contributed by atoms with E-state index in [0.717, 1.165) is 11.1 Å². The zero-order chi connectivity index (χ0) is 17.2. The molecule has 0 fully saturated rings. The molecule has 0 aromatic heterocycles. The maximum Gasteiger partial charge on any atom is 0.218 e. The molecule has 0 saturated heterocycles. The van der Waals surface area contributed by atoms with Crippen LogP contribution in [-0.2, 0) is 15.8 Å². The minimum absolute atomic E-state index is 0.114. The van der Waals surface area contributed by atoms with Crippen molar-refractivity contribution in [3.05, 3.63) is 69.2 Å². The van der Waals surface area contributed by atoms with Crippen LogP contribution in [0.5, 0.6) is 0 Å². The van der Waals surface area contributed by atoms with Gasteiger partial charge in [-0.2, -0.15) is 4.31 Å². The number of halogens is 2. The molecule has 1 unspecified atom stereocenters. The van der Waals surface area contributed by atoms with E-state index in [2.05, 4.69) is 0 Å². The van der Waals surface area contributed by atoms with E-state index in [4.69, 9.17) is 23.2 Å². The van der Waals surface area contributed by atoms with Gasteiger partial charge in [-0.05, 0) is 37.1 Å². The van der Waals surface area contributed by atoms with Crippen LogP contribution in [0.25, 0.3) is 0 Å². The summed E-state index contributed by atoms with van der Waals surface area (Å²) in [6.07, 6.45) is 0. The zero-order valence-corrected chi connectivity index (χ0v) is 15.6. The van der Waals surface area contributed by atoms with E-state index in [1.165, 1.54) is 4.31 Å². The van der Waals surface area contributed by atoms with Crippen molar-refractivity contribution in [1.82, 2.24) is 4.31 Å². The number of rotatable bonds is 5. The summed E-state index contributed by atoms with van der Waals surface area (Å²) in [7, 11) is -1.87. The molecule has 0 aliphatic rings. The average Bonchev–Trinajstić information content (AvgIpc) is 2.50. The van der Waals surface area contributed by atoms with Crippen molar-refractivity contribution < 1.29 is 8.42 Å². The number of benzene rings is 2. The van der Waals surface area contributed by atoms with Crippen LogP contribution in [0.1, 0.15) is 29.7 Å². The molecule has 2 rings (SSSR count). The first-order chi connectivity index (χ1) is 10.7. The highest BCUT2D eigenvalue weighted by Crippen LogP contribution is 2.26. The van der Waals surface area contributed by atoms with Gasteiger partial charge in [-0.25, -0.2) is 8.42 Å². The quantitative estimate of drug-likeness (QED) is 0.754. The zero-order valence-electron chi connectivity index (χ0n) is 13.3. The standard InChI is InChI=1S/C17H19Cl2NO2S/c1-12-4-7-15(8-5-12)13(2)20(3)23(21,22)11-14-6-9-16(18)17(19)10-14/h4-10,13H,11H2,1-3H3. The summed E-state index contributed by atoms with van der Waals surface area (Å²) < 4.78 is 26.6. The molecular weight excluding hydrogens is 353 g/mol. The molecule has 6 heteroatoms. The second-order valence-electron chi connectivity index (χ2n) is 5.61. The Morgan fingerprint density at radius 2 is 1.65 bits per heavy atom. The Morgan fingerprint density at radius 1 is 1.04 bits per heavy atom. The smallest absolute Gasteiger partial charge is 0.212 e. The SMILES string of the molecule is Cc1ccc(C(C)N(C)S(=O)(=O)Cc2ccc(Cl)c(Cl)c2)cc1. The van der Waals surface area contributed by atoms with Crippen LogP contribution in [0, 0.1) is 6.92 Å². The molecule has 2 aromatic rings. The molecule has 2 aromatic carbocycles. The molecule has 23 heavy (non-hydrogen) atoms. The Bertz CT molecular complexity index is 789. The van der Waals surface area contributed by atoms with Crippen molar-refractivity contribution in [2.75, 3.05) is 7.05 Å². The molecule has 0 aliphatic heterocycles. The molecule has 0 aliphatic carbocycles. The van der Waals surface area contributed by atoms with Gasteiger partial charge in [-0.1, -0.05) is 59.1 Å². The van der Waals surface area contributed by atoms with Gasteiger partial charge in [0.15, 0.2) is 0 Å². The first-order valence-electron chi connectivity index (χ1n) is 7.17. The summed E-state index contributed by atoms with van der Waals surface area (Å²) in [6, 6.07) is 12.5. The van der Waals surface area contributed by atoms with Crippen LogP contribution in [0.3, 0.4) is 0 Å². The maximum atomic E-state index is 12.6. The number of hydrogen-bond donors (Lipinski definition) is 0. The van der Waals surface area contributed by atoms with Gasteiger partial charge >= 0.3 is 0 Å². The molecule has 0 bridgehead atoms. The maximum absolute atomic E-state index is 12.6. The lowest BCUT2D eigenvalue weighted by molar-refractivity contribution is 0.398. The lowest BCUT2D eigenvalue weighted by Gasteiger charge is -2.25. The van der Waals surface area contributed by atoms with Gasteiger partial charge in [0.1, 0.15) is 0 Å². The summed E-state index contributed by atoms with van der Waals surface area (Å²) in [5, 5.41) is 0.766. The van der Waals surface area contributed by atoms with E-state index in [9.17, 15) is 8.42 Å². The van der Waals surface area contributed by atoms with Crippen molar-refractivity contribution in [3.63, 3.8) is 0 Å². The highest BCUT2D eigenvalue weighted by Gasteiger charge is 2.24. The second kappa shape index (κ2) is 7.22. The van der Waals surface area contributed by atoms with Gasteiger partial charge in [0.2, 0.25) is 10.0 Å². The first-order valence-corrected chi connectivity index (χ1v) is 9.53. The van der Waals surface area contributed by atoms with Crippen LogP contribution in [0.2, 0.25) is 10.0 Å².